The highest BCUT2D eigenvalue weighted by atomic mass is 35.5. The molecule has 1 N–H and O–H groups in total. The first-order chi connectivity index (χ1) is 8.00. The van der Waals surface area contributed by atoms with Crippen molar-refractivity contribution in [1.29, 1.82) is 0 Å². The fraction of sp³-hybridized carbons (Fsp3) is 0.0909. The molecule has 0 fully saturated rings. The number of aryl methyl sites for hydroxylation is 1. The van der Waals surface area contributed by atoms with Crippen molar-refractivity contribution in [2.24, 2.45) is 0 Å². The Hall–Kier alpha value is -1.88. The zero-order chi connectivity index (χ0) is 12.6. The second-order valence-corrected chi connectivity index (χ2v) is 3.86. The van der Waals surface area contributed by atoms with Crippen LogP contribution in [-0.4, -0.2) is 20.9 Å². The number of carboxylic acid groups (broad SMARTS) is 1. The van der Waals surface area contributed by atoms with E-state index in [-0.39, 0.29) is 16.3 Å². The van der Waals surface area contributed by atoms with Crippen molar-refractivity contribution in [3.05, 3.63) is 46.5 Å². The standard InChI is InChI=1S/C11H8ClFN2O2/c1-6-7(11(16)17)5-15(14-6)9-4-2-3-8(12)10(9)13/h2-5H,1H3,(H,16,17). The maximum absolute atomic E-state index is 13.7. The number of benzene rings is 1. The summed E-state index contributed by atoms with van der Waals surface area (Å²) in [5, 5.41) is 12.8. The van der Waals surface area contributed by atoms with E-state index < -0.39 is 11.8 Å². The highest BCUT2D eigenvalue weighted by Crippen LogP contribution is 2.21. The smallest absolute Gasteiger partial charge is 0.339 e. The van der Waals surface area contributed by atoms with Crippen molar-refractivity contribution in [2.75, 3.05) is 0 Å². The van der Waals surface area contributed by atoms with Crippen molar-refractivity contribution >= 4 is 17.6 Å². The fourth-order valence-corrected chi connectivity index (χ4v) is 1.63. The summed E-state index contributed by atoms with van der Waals surface area (Å²) in [6, 6.07) is 4.45. The van der Waals surface area contributed by atoms with Gasteiger partial charge in [0.25, 0.3) is 0 Å². The van der Waals surface area contributed by atoms with Crippen LogP contribution in [0.4, 0.5) is 4.39 Å². The second-order valence-electron chi connectivity index (χ2n) is 3.45. The van der Waals surface area contributed by atoms with Gasteiger partial charge in [-0.15, -0.1) is 0 Å². The molecule has 4 nitrogen and oxygen atoms in total. The van der Waals surface area contributed by atoms with Gasteiger partial charge in [-0.05, 0) is 19.1 Å². The van der Waals surface area contributed by atoms with Gasteiger partial charge in [0.2, 0.25) is 0 Å². The van der Waals surface area contributed by atoms with E-state index in [1.54, 1.807) is 13.0 Å². The number of hydrogen-bond donors (Lipinski definition) is 1. The molecule has 17 heavy (non-hydrogen) atoms. The van der Waals surface area contributed by atoms with Crippen molar-refractivity contribution in [2.45, 2.75) is 6.92 Å². The number of carboxylic acids is 1. The van der Waals surface area contributed by atoms with Crippen molar-refractivity contribution in [1.82, 2.24) is 9.78 Å². The van der Waals surface area contributed by atoms with E-state index in [2.05, 4.69) is 5.10 Å². The zero-order valence-corrected chi connectivity index (χ0v) is 9.57. The molecule has 0 aliphatic heterocycles. The lowest BCUT2D eigenvalue weighted by molar-refractivity contribution is 0.0696. The molecule has 2 rings (SSSR count). The van der Waals surface area contributed by atoms with Crippen LogP contribution >= 0.6 is 11.6 Å². The molecule has 1 aromatic carbocycles. The Morgan fingerprint density at radius 2 is 2.24 bits per heavy atom. The molecule has 0 saturated carbocycles. The predicted molar refractivity (Wildman–Crippen MR) is 60.2 cm³/mol. The maximum atomic E-state index is 13.7. The third-order valence-corrected chi connectivity index (χ3v) is 2.60. The van der Waals surface area contributed by atoms with Crippen LogP contribution in [0.5, 0.6) is 0 Å². The summed E-state index contributed by atoms with van der Waals surface area (Å²) in [5.41, 5.74) is 0.467. The molecule has 6 heteroatoms. The number of aromatic nitrogens is 2. The van der Waals surface area contributed by atoms with E-state index in [0.717, 1.165) is 0 Å². The topological polar surface area (TPSA) is 55.1 Å². The summed E-state index contributed by atoms with van der Waals surface area (Å²) in [7, 11) is 0. The first kappa shape index (κ1) is 11.6. The molecule has 1 heterocycles. The third-order valence-electron chi connectivity index (χ3n) is 2.31. The van der Waals surface area contributed by atoms with E-state index in [9.17, 15) is 9.18 Å². The van der Waals surface area contributed by atoms with Crippen LogP contribution in [0, 0.1) is 12.7 Å². The van der Waals surface area contributed by atoms with Crippen LogP contribution in [0.2, 0.25) is 5.02 Å². The van der Waals surface area contributed by atoms with Crippen LogP contribution in [-0.2, 0) is 0 Å². The predicted octanol–water partition coefficient (Wildman–Crippen LogP) is 2.67. The van der Waals surface area contributed by atoms with Gasteiger partial charge < -0.3 is 5.11 Å². The molecular formula is C11H8ClFN2O2. The average molecular weight is 255 g/mol. The molecule has 0 atom stereocenters. The maximum Gasteiger partial charge on any atom is 0.339 e. The Morgan fingerprint density at radius 3 is 2.82 bits per heavy atom. The number of nitrogens with zero attached hydrogens (tertiary/aromatic N) is 2. The molecule has 88 valence electrons. The van der Waals surface area contributed by atoms with Crippen LogP contribution in [0.1, 0.15) is 16.1 Å². The Labute approximate surface area is 101 Å². The van der Waals surface area contributed by atoms with Gasteiger partial charge >= 0.3 is 5.97 Å². The molecule has 2 aromatic rings. The van der Waals surface area contributed by atoms with Gasteiger partial charge in [0, 0.05) is 6.20 Å². The summed E-state index contributed by atoms with van der Waals surface area (Å²) in [5.74, 6) is -1.73. The molecule has 0 aliphatic rings. The van der Waals surface area contributed by atoms with Crippen LogP contribution in [0.25, 0.3) is 5.69 Å². The summed E-state index contributed by atoms with van der Waals surface area (Å²) in [6.45, 7) is 1.54. The number of hydrogen-bond acceptors (Lipinski definition) is 2. The minimum atomic E-state index is -1.10. The summed E-state index contributed by atoms with van der Waals surface area (Å²) in [6.07, 6.45) is 1.26. The zero-order valence-electron chi connectivity index (χ0n) is 8.82. The van der Waals surface area contributed by atoms with E-state index >= 15 is 0 Å². The number of aromatic carboxylic acids is 1. The molecule has 0 bridgehead atoms. The lowest BCUT2D eigenvalue weighted by Gasteiger charge is -2.03. The second kappa shape index (κ2) is 4.18. The molecule has 0 amide bonds. The monoisotopic (exact) mass is 254 g/mol. The Morgan fingerprint density at radius 1 is 1.53 bits per heavy atom. The Bertz CT molecular complexity index is 595. The minimum absolute atomic E-state index is 0.0318. The largest absolute Gasteiger partial charge is 0.478 e. The number of halogens is 2. The first-order valence-corrected chi connectivity index (χ1v) is 5.12. The number of rotatable bonds is 2. The quantitative estimate of drug-likeness (QED) is 0.896. The highest BCUT2D eigenvalue weighted by Gasteiger charge is 2.15. The van der Waals surface area contributed by atoms with E-state index in [0.29, 0.717) is 5.69 Å². The molecule has 1 aromatic heterocycles. The van der Waals surface area contributed by atoms with Crippen molar-refractivity contribution < 1.29 is 14.3 Å². The van der Waals surface area contributed by atoms with Gasteiger partial charge in [-0.3, -0.25) is 0 Å². The fourth-order valence-electron chi connectivity index (χ4n) is 1.46. The Kier molecular flexibility index (Phi) is 2.85. The summed E-state index contributed by atoms with van der Waals surface area (Å²) < 4.78 is 14.9. The minimum Gasteiger partial charge on any atom is -0.478 e. The molecule has 0 unspecified atom stereocenters. The lowest BCUT2D eigenvalue weighted by atomic mass is 10.3. The average Bonchev–Trinajstić information content (AvgIpc) is 2.64. The van der Waals surface area contributed by atoms with Gasteiger partial charge in [-0.1, -0.05) is 17.7 Å². The normalized spacial score (nSPS) is 10.5. The molecule has 0 radical (unpaired) electrons. The Balaban J connectivity index is 2.58. The lowest BCUT2D eigenvalue weighted by Crippen LogP contribution is -1.99. The summed E-state index contributed by atoms with van der Waals surface area (Å²) >= 11 is 5.64. The van der Waals surface area contributed by atoms with Gasteiger partial charge in [-0.2, -0.15) is 5.10 Å². The van der Waals surface area contributed by atoms with Crippen LogP contribution < -0.4 is 0 Å². The van der Waals surface area contributed by atoms with E-state index in [1.165, 1.54) is 23.0 Å². The van der Waals surface area contributed by atoms with Gasteiger partial charge in [0.15, 0.2) is 5.82 Å². The van der Waals surface area contributed by atoms with Crippen LogP contribution in [0.15, 0.2) is 24.4 Å². The van der Waals surface area contributed by atoms with Gasteiger partial charge in [0.1, 0.15) is 11.3 Å². The van der Waals surface area contributed by atoms with E-state index in [1.807, 2.05) is 0 Å². The summed E-state index contributed by atoms with van der Waals surface area (Å²) in [4.78, 5) is 10.8. The van der Waals surface area contributed by atoms with Crippen LogP contribution in [0.3, 0.4) is 0 Å². The van der Waals surface area contributed by atoms with Gasteiger partial charge in [0.05, 0.1) is 10.7 Å². The molecule has 0 spiro atoms. The van der Waals surface area contributed by atoms with Crippen molar-refractivity contribution in [3.63, 3.8) is 0 Å². The first-order valence-electron chi connectivity index (χ1n) is 4.74. The highest BCUT2D eigenvalue weighted by molar-refractivity contribution is 6.30. The van der Waals surface area contributed by atoms with Gasteiger partial charge in [-0.25, -0.2) is 13.9 Å². The number of carbonyl (C=O) groups is 1. The molecular weight excluding hydrogens is 247 g/mol. The molecule has 0 saturated heterocycles. The third kappa shape index (κ3) is 2.01. The molecule has 0 aliphatic carbocycles. The van der Waals surface area contributed by atoms with E-state index in [4.69, 9.17) is 16.7 Å². The SMILES string of the molecule is Cc1nn(-c2cccc(Cl)c2F)cc1C(=O)O. The van der Waals surface area contributed by atoms with Crippen molar-refractivity contribution in [3.8, 4) is 5.69 Å².